The molecule has 0 aromatic carbocycles. The Morgan fingerprint density at radius 1 is 0.371 bits per heavy atom. The topological polar surface area (TPSA) is 375 Å². The number of carbonyl (C=O) groups is 2. The predicted molar refractivity (Wildman–Crippen MR) is 245 cm³/mol. The van der Waals surface area contributed by atoms with Crippen LogP contribution in [0.1, 0.15) is 13.3 Å². The van der Waals surface area contributed by atoms with Crippen molar-refractivity contribution in [1.82, 2.24) is 15.5 Å². The van der Waals surface area contributed by atoms with E-state index < -0.39 is 81.2 Å². The highest BCUT2D eigenvalue weighted by Crippen LogP contribution is 2.11. The van der Waals surface area contributed by atoms with Gasteiger partial charge >= 0.3 is 6.03 Å². The molecule has 27 nitrogen and oxygen atoms in total. The van der Waals surface area contributed by atoms with Crippen LogP contribution in [0.3, 0.4) is 0 Å². The molecule has 2 amide bonds. The fourth-order valence-electron chi connectivity index (χ4n) is 5.49. The Hall–Kier alpha value is -1.98. The maximum atomic E-state index is 12.3. The first-order valence-electron chi connectivity index (χ1n) is 23.7. The van der Waals surface area contributed by atoms with Crippen molar-refractivity contribution in [1.29, 1.82) is 0 Å². The van der Waals surface area contributed by atoms with Crippen LogP contribution in [-0.2, 0) is 61.6 Å². The van der Waals surface area contributed by atoms with Crippen molar-refractivity contribution in [2.24, 2.45) is 0 Å². The van der Waals surface area contributed by atoms with E-state index in [1.807, 2.05) is 0 Å². The first kappa shape index (κ1) is 68.0. The van der Waals surface area contributed by atoms with Gasteiger partial charge in [0.1, 0.15) is 42.4 Å². The molecule has 0 aliphatic heterocycles. The summed E-state index contributed by atoms with van der Waals surface area (Å²) in [5, 5.41) is 103. The fourth-order valence-corrected chi connectivity index (χ4v) is 5.49. The molecule has 0 heterocycles. The van der Waals surface area contributed by atoms with Crippen molar-refractivity contribution in [2.45, 2.75) is 62.2 Å². The van der Waals surface area contributed by atoms with E-state index in [1.54, 1.807) is 0 Å². The van der Waals surface area contributed by atoms with Gasteiger partial charge in [0, 0.05) is 39.1 Å². The van der Waals surface area contributed by atoms with Gasteiger partial charge in [0.05, 0.1) is 184 Å². The monoisotopic (exact) mass is 1030 g/mol. The Morgan fingerprint density at radius 2 is 0.614 bits per heavy atom. The first-order valence-corrected chi connectivity index (χ1v) is 23.7. The molecular weight excluding hydrogens is 942 g/mol. The minimum atomic E-state index is -1.93. The van der Waals surface area contributed by atoms with Crippen LogP contribution in [0.15, 0.2) is 0 Å². The summed E-state index contributed by atoms with van der Waals surface area (Å²) in [4.78, 5) is 24.3. The van der Waals surface area contributed by atoms with E-state index in [1.165, 1.54) is 11.8 Å². The standard InChI is InChI=1S/C43H87N3O24/c1-34(49)2-6-59-8-10-61-12-14-63-16-18-65-20-22-67-24-26-69-28-29-70-27-25-68-23-21-66-19-17-64-15-13-62-11-9-60-7-4-45-43(58)44-3-5-46(30-35(50)39(54)41(56)37(52)32-47)31-36(51)40(55)42(57)38(53)33-48/h35-42,47-48,50-57H,2-33H2,1H3,(H2,44,45,58)/t35-,36-,37+,38+,39+,40+,41+,42+/m0/s1. The summed E-state index contributed by atoms with van der Waals surface area (Å²) < 4.78 is 65.2. The number of hydrogen-bond acceptors (Lipinski definition) is 25. The molecule has 0 radical (unpaired) electrons. The van der Waals surface area contributed by atoms with Gasteiger partial charge in [-0.05, 0) is 6.92 Å². The maximum absolute atomic E-state index is 12.3. The number of amides is 2. The lowest BCUT2D eigenvalue weighted by molar-refractivity contribution is -0.130. The van der Waals surface area contributed by atoms with E-state index in [9.17, 15) is 50.4 Å². The summed E-state index contributed by atoms with van der Waals surface area (Å²) in [7, 11) is 0. The quantitative estimate of drug-likeness (QED) is 0.0252. The van der Waals surface area contributed by atoms with Crippen LogP contribution in [0.2, 0.25) is 0 Å². The van der Waals surface area contributed by atoms with Crippen LogP contribution >= 0.6 is 0 Å². The zero-order valence-corrected chi connectivity index (χ0v) is 40.9. The van der Waals surface area contributed by atoms with Gasteiger partial charge in [0.25, 0.3) is 0 Å². The predicted octanol–water partition coefficient (Wildman–Crippen LogP) is -6.36. The molecule has 0 aromatic heterocycles. The number of ketones is 1. The van der Waals surface area contributed by atoms with Gasteiger partial charge in [0.15, 0.2) is 0 Å². The Balaban J connectivity index is 3.67. The van der Waals surface area contributed by atoms with Gasteiger partial charge in [-0.15, -0.1) is 0 Å². The van der Waals surface area contributed by atoms with Crippen molar-refractivity contribution < 1.29 is 117 Å². The van der Waals surface area contributed by atoms with Crippen molar-refractivity contribution in [3.63, 3.8) is 0 Å². The largest absolute Gasteiger partial charge is 0.394 e. The van der Waals surface area contributed by atoms with Crippen LogP contribution in [0.25, 0.3) is 0 Å². The lowest BCUT2D eigenvalue weighted by Crippen LogP contribution is -2.54. The number of aliphatic hydroxyl groups is 10. The Morgan fingerprint density at radius 3 is 0.886 bits per heavy atom. The molecule has 12 N–H and O–H groups in total. The lowest BCUT2D eigenvalue weighted by Gasteiger charge is -2.33. The van der Waals surface area contributed by atoms with Gasteiger partial charge in [-0.3, -0.25) is 9.69 Å². The molecular formula is C43H87N3O24. The molecule has 0 unspecified atom stereocenters. The summed E-state index contributed by atoms with van der Waals surface area (Å²) in [6.07, 6.45) is -14.3. The van der Waals surface area contributed by atoms with Crippen LogP contribution in [0.5, 0.6) is 0 Å². The highest BCUT2D eigenvalue weighted by Gasteiger charge is 2.34. The molecule has 0 aliphatic carbocycles. The summed E-state index contributed by atoms with van der Waals surface area (Å²) in [6, 6.07) is -0.583. The molecule has 0 aliphatic rings. The third kappa shape index (κ3) is 41.5. The Kier molecular flexibility index (Phi) is 47.9. The Bertz CT molecular complexity index is 1130. The van der Waals surface area contributed by atoms with Crippen LogP contribution in [0, 0.1) is 0 Å². The van der Waals surface area contributed by atoms with Crippen molar-refractivity contribution in [3.8, 4) is 0 Å². The summed E-state index contributed by atoms with van der Waals surface area (Å²) in [5.74, 6) is 0.107. The first-order chi connectivity index (χ1) is 33.8. The summed E-state index contributed by atoms with van der Waals surface area (Å²) >= 11 is 0. The van der Waals surface area contributed by atoms with Crippen LogP contribution in [0.4, 0.5) is 4.79 Å². The van der Waals surface area contributed by atoms with E-state index in [0.717, 1.165) is 0 Å². The highest BCUT2D eigenvalue weighted by atomic mass is 16.6. The van der Waals surface area contributed by atoms with Gasteiger partial charge in [0.2, 0.25) is 0 Å². The molecule has 0 aromatic rings. The Labute approximate surface area is 411 Å². The molecule has 0 spiro atoms. The molecule has 0 saturated carbocycles. The number of carbonyl (C=O) groups excluding carboxylic acids is 2. The minimum absolute atomic E-state index is 0.0767. The number of Topliss-reactive ketones (excluding diaryl/α,β-unsaturated/α-hetero) is 1. The van der Waals surface area contributed by atoms with Crippen molar-refractivity contribution in [2.75, 3.05) is 205 Å². The molecule has 0 fully saturated rings. The van der Waals surface area contributed by atoms with Crippen LogP contribution in [-0.4, -0.2) is 321 Å². The second-order valence-electron chi connectivity index (χ2n) is 15.3. The molecule has 418 valence electrons. The van der Waals surface area contributed by atoms with E-state index >= 15 is 0 Å². The smallest absolute Gasteiger partial charge is 0.314 e. The summed E-state index contributed by atoms with van der Waals surface area (Å²) in [6.45, 7) is 8.69. The van der Waals surface area contributed by atoms with Gasteiger partial charge in [-0.1, -0.05) is 0 Å². The number of hydrogen-bond donors (Lipinski definition) is 12. The summed E-state index contributed by atoms with van der Waals surface area (Å²) in [5.41, 5.74) is 0. The van der Waals surface area contributed by atoms with Crippen molar-refractivity contribution >= 4 is 11.8 Å². The van der Waals surface area contributed by atoms with Gasteiger partial charge in [-0.25, -0.2) is 4.79 Å². The molecule has 8 atom stereocenters. The number of ether oxygens (including phenoxy) is 12. The molecule has 0 saturated heterocycles. The molecule has 27 heteroatoms. The van der Waals surface area contributed by atoms with Gasteiger partial charge < -0.3 is 119 Å². The average molecular weight is 1030 g/mol. The fraction of sp³-hybridized carbons (Fsp3) is 0.953. The third-order valence-corrected chi connectivity index (χ3v) is 9.48. The van der Waals surface area contributed by atoms with Gasteiger partial charge in [-0.2, -0.15) is 0 Å². The van der Waals surface area contributed by atoms with E-state index in [0.29, 0.717) is 152 Å². The maximum Gasteiger partial charge on any atom is 0.314 e. The van der Waals surface area contributed by atoms with Crippen LogP contribution < -0.4 is 10.6 Å². The number of urea groups is 1. The zero-order chi connectivity index (χ0) is 51.9. The lowest BCUT2D eigenvalue weighted by atomic mass is 10.0. The zero-order valence-electron chi connectivity index (χ0n) is 40.9. The number of nitrogens with one attached hydrogen (secondary N) is 2. The second kappa shape index (κ2) is 49.2. The number of rotatable bonds is 54. The average Bonchev–Trinajstić information content (AvgIpc) is 3.35. The SMILES string of the molecule is CC(=O)CCOCCOCCOCCOCCOCCOCCOCCOCCOCCOCCOCCOCCNC(=O)NCCN(C[C@H](O)[C@@H](O)[C@H](O)[C@H](O)CO)C[C@H](O)[C@@H](O)[C@H](O)[C@H](O)CO. The number of nitrogens with zero attached hydrogens (tertiary/aromatic N) is 1. The minimum Gasteiger partial charge on any atom is -0.394 e. The van der Waals surface area contributed by atoms with E-state index in [2.05, 4.69) is 10.6 Å². The highest BCUT2D eigenvalue weighted by molar-refractivity contribution is 5.75. The molecule has 0 bridgehead atoms. The second-order valence-corrected chi connectivity index (χ2v) is 15.3. The normalized spacial score (nSPS) is 15.4. The van der Waals surface area contributed by atoms with Crippen molar-refractivity contribution in [3.05, 3.63) is 0 Å². The molecule has 0 rings (SSSR count). The van der Waals surface area contributed by atoms with E-state index in [4.69, 9.17) is 67.1 Å². The third-order valence-electron chi connectivity index (χ3n) is 9.48. The van der Waals surface area contributed by atoms with E-state index in [-0.39, 0.29) is 38.6 Å². The molecule has 70 heavy (non-hydrogen) atoms. The number of aliphatic hydroxyl groups excluding tert-OH is 10.